The van der Waals surface area contributed by atoms with Crippen LogP contribution in [0.3, 0.4) is 0 Å². The summed E-state index contributed by atoms with van der Waals surface area (Å²) in [6, 6.07) is 3.81. The molecule has 6 heteroatoms. The topological polar surface area (TPSA) is 21.3 Å². The van der Waals surface area contributed by atoms with Gasteiger partial charge in [-0.05, 0) is 31.5 Å². The molecule has 1 atom stereocenters. The van der Waals surface area contributed by atoms with Gasteiger partial charge in [0.1, 0.15) is 5.75 Å². The van der Waals surface area contributed by atoms with Gasteiger partial charge in [0.2, 0.25) is 0 Å². The molecule has 19 heavy (non-hydrogen) atoms. The summed E-state index contributed by atoms with van der Waals surface area (Å²) < 4.78 is 42.9. The van der Waals surface area contributed by atoms with Gasteiger partial charge < -0.3 is 10.1 Å². The van der Waals surface area contributed by atoms with Crippen LogP contribution >= 0.6 is 12.4 Å². The molecule has 2 rings (SSSR count). The number of rotatable bonds is 2. The van der Waals surface area contributed by atoms with Crippen LogP contribution in [0, 0.1) is 0 Å². The fraction of sp³-hybridized carbons (Fsp3) is 0.538. The average Bonchev–Trinajstić information content (AvgIpc) is 2.38. The Labute approximate surface area is 116 Å². The molecule has 0 unspecified atom stereocenters. The number of ether oxygens (including phenoxy) is 1. The molecule has 1 fully saturated rings. The van der Waals surface area contributed by atoms with E-state index in [0.717, 1.165) is 43.5 Å². The minimum atomic E-state index is -4.33. The van der Waals surface area contributed by atoms with Crippen LogP contribution in [-0.2, 0) is 6.18 Å². The molecule has 1 saturated heterocycles. The summed E-state index contributed by atoms with van der Waals surface area (Å²) in [7, 11) is 1.40. The lowest BCUT2D eigenvalue weighted by Crippen LogP contribution is -2.27. The summed E-state index contributed by atoms with van der Waals surface area (Å²) in [6.45, 7) is 0.898. The maximum Gasteiger partial charge on any atom is 0.416 e. The van der Waals surface area contributed by atoms with Crippen LogP contribution in [0.25, 0.3) is 0 Å². The van der Waals surface area contributed by atoms with Crippen molar-refractivity contribution >= 4 is 12.4 Å². The monoisotopic (exact) mass is 295 g/mol. The van der Waals surface area contributed by atoms with E-state index < -0.39 is 11.7 Å². The predicted octanol–water partition coefficient (Wildman–Crippen LogP) is 3.95. The van der Waals surface area contributed by atoms with Crippen LogP contribution in [0.4, 0.5) is 13.2 Å². The zero-order valence-corrected chi connectivity index (χ0v) is 11.4. The molecule has 0 radical (unpaired) electrons. The van der Waals surface area contributed by atoms with Crippen LogP contribution in [-0.4, -0.2) is 13.7 Å². The van der Waals surface area contributed by atoms with Crippen molar-refractivity contribution in [1.82, 2.24) is 5.32 Å². The van der Waals surface area contributed by atoms with Crippen molar-refractivity contribution < 1.29 is 17.9 Å². The van der Waals surface area contributed by atoms with Crippen LogP contribution in [0.1, 0.15) is 36.4 Å². The SMILES string of the molecule is COc1cc(C(F)(F)F)ccc1[C@H]1CCCCN1.Cl. The zero-order valence-electron chi connectivity index (χ0n) is 10.6. The Balaban J connectivity index is 0.00000180. The maximum absolute atomic E-state index is 12.6. The van der Waals surface area contributed by atoms with Crippen molar-refractivity contribution in [2.45, 2.75) is 31.5 Å². The second-order valence-electron chi connectivity index (χ2n) is 4.46. The molecule has 0 amide bonds. The van der Waals surface area contributed by atoms with Crippen LogP contribution < -0.4 is 10.1 Å². The summed E-state index contributed by atoms with van der Waals surface area (Å²) in [6.07, 6.45) is -1.20. The van der Waals surface area contributed by atoms with E-state index in [1.807, 2.05) is 0 Å². The Hall–Kier alpha value is -0.940. The number of alkyl halides is 3. The fourth-order valence-electron chi connectivity index (χ4n) is 2.29. The van der Waals surface area contributed by atoms with Crippen molar-refractivity contribution in [3.63, 3.8) is 0 Å². The molecule has 0 spiro atoms. The Morgan fingerprint density at radius 1 is 1.26 bits per heavy atom. The zero-order chi connectivity index (χ0) is 13.2. The lowest BCUT2D eigenvalue weighted by molar-refractivity contribution is -0.137. The molecule has 2 nitrogen and oxygen atoms in total. The smallest absolute Gasteiger partial charge is 0.416 e. The quantitative estimate of drug-likeness (QED) is 0.892. The molecule has 1 aliphatic rings. The number of benzene rings is 1. The standard InChI is InChI=1S/C13H16F3NO.ClH/c1-18-12-8-9(13(14,15)16)5-6-10(12)11-4-2-3-7-17-11;/h5-6,8,11,17H,2-4,7H2,1H3;1H/t11-;/m1./s1. The highest BCUT2D eigenvalue weighted by molar-refractivity contribution is 5.85. The van der Waals surface area contributed by atoms with E-state index in [2.05, 4.69) is 5.32 Å². The van der Waals surface area contributed by atoms with Gasteiger partial charge >= 0.3 is 6.18 Å². The highest BCUT2D eigenvalue weighted by Crippen LogP contribution is 2.36. The lowest BCUT2D eigenvalue weighted by Gasteiger charge is -2.25. The van der Waals surface area contributed by atoms with E-state index in [9.17, 15) is 13.2 Å². The first kappa shape index (κ1) is 16.1. The van der Waals surface area contributed by atoms with Gasteiger partial charge in [-0.15, -0.1) is 12.4 Å². The third-order valence-electron chi connectivity index (χ3n) is 3.25. The van der Waals surface area contributed by atoms with Crippen molar-refractivity contribution in [2.75, 3.05) is 13.7 Å². The van der Waals surface area contributed by atoms with Crippen molar-refractivity contribution in [3.05, 3.63) is 29.3 Å². The number of hydrogen-bond acceptors (Lipinski definition) is 2. The van der Waals surface area contributed by atoms with Crippen LogP contribution in [0.15, 0.2) is 18.2 Å². The van der Waals surface area contributed by atoms with E-state index in [1.165, 1.54) is 13.2 Å². The molecule has 0 aromatic heterocycles. The van der Waals surface area contributed by atoms with E-state index >= 15 is 0 Å². The van der Waals surface area contributed by atoms with E-state index in [4.69, 9.17) is 4.74 Å². The Bertz CT molecular complexity index is 417. The average molecular weight is 296 g/mol. The second-order valence-corrected chi connectivity index (χ2v) is 4.46. The van der Waals surface area contributed by atoms with Gasteiger partial charge in [-0.1, -0.05) is 12.5 Å². The molecular weight excluding hydrogens is 279 g/mol. The predicted molar refractivity (Wildman–Crippen MR) is 69.8 cm³/mol. The third-order valence-corrected chi connectivity index (χ3v) is 3.25. The van der Waals surface area contributed by atoms with E-state index in [1.54, 1.807) is 0 Å². The van der Waals surface area contributed by atoms with Crippen LogP contribution in [0.2, 0.25) is 0 Å². The van der Waals surface area contributed by atoms with Gasteiger partial charge in [0, 0.05) is 11.6 Å². The summed E-state index contributed by atoms with van der Waals surface area (Å²) in [5, 5.41) is 3.31. The number of methoxy groups -OCH3 is 1. The van der Waals surface area contributed by atoms with Crippen molar-refractivity contribution in [3.8, 4) is 5.75 Å². The molecule has 1 N–H and O–H groups in total. The maximum atomic E-state index is 12.6. The molecule has 1 aliphatic heterocycles. The van der Waals surface area contributed by atoms with Gasteiger partial charge in [0.25, 0.3) is 0 Å². The number of halogens is 4. The van der Waals surface area contributed by atoms with Crippen LogP contribution in [0.5, 0.6) is 5.75 Å². The second kappa shape index (κ2) is 6.48. The van der Waals surface area contributed by atoms with Crippen molar-refractivity contribution in [2.24, 2.45) is 0 Å². The largest absolute Gasteiger partial charge is 0.496 e. The molecule has 0 aliphatic carbocycles. The van der Waals surface area contributed by atoms with Gasteiger partial charge in [-0.2, -0.15) is 13.2 Å². The third kappa shape index (κ3) is 3.76. The van der Waals surface area contributed by atoms with E-state index in [0.29, 0.717) is 5.75 Å². The van der Waals surface area contributed by atoms with Gasteiger partial charge in [0.05, 0.1) is 12.7 Å². The van der Waals surface area contributed by atoms with Gasteiger partial charge in [-0.3, -0.25) is 0 Å². The number of hydrogen-bond donors (Lipinski definition) is 1. The lowest BCUT2D eigenvalue weighted by atomic mass is 9.95. The van der Waals surface area contributed by atoms with Gasteiger partial charge in [0.15, 0.2) is 0 Å². The molecule has 108 valence electrons. The summed E-state index contributed by atoms with van der Waals surface area (Å²) >= 11 is 0. The first-order valence-corrected chi connectivity index (χ1v) is 6.01. The molecule has 0 bridgehead atoms. The molecule has 1 aromatic carbocycles. The molecule has 1 aromatic rings. The first-order valence-electron chi connectivity index (χ1n) is 6.01. The Kier molecular flexibility index (Phi) is 5.50. The first-order chi connectivity index (χ1) is 8.52. The summed E-state index contributed by atoms with van der Waals surface area (Å²) in [5.41, 5.74) is 0.143. The minimum Gasteiger partial charge on any atom is -0.496 e. The summed E-state index contributed by atoms with van der Waals surface area (Å²) in [4.78, 5) is 0. The number of nitrogens with one attached hydrogen (secondary N) is 1. The summed E-state index contributed by atoms with van der Waals surface area (Å²) in [5.74, 6) is 0.309. The highest BCUT2D eigenvalue weighted by Gasteiger charge is 2.32. The number of piperidine rings is 1. The fourth-order valence-corrected chi connectivity index (χ4v) is 2.29. The highest BCUT2D eigenvalue weighted by atomic mass is 35.5. The molecule has 0 saturated carbocycles. The van der Waals surface area contributed by atoms with Gasteiger partial charge in [-0.25, -0.2) is 0 Å². The minimum absolute atomic E-state index is 0. The Morgan fingerprint density at radius 3 is 2.53 bits per heavy atom. The molecular formula is C13H17ClF3NO. The molecule has 1 heterocycles. The Morgan fingerprint density at radius 2 is 2.00 bits per heavy atom. The van der Waals surface area contributed by atoms with E-state index in [-0.39, 0.29) is 18.4 Å². The normalized spacial score (nSPS) is 19.7. The van der Waals surface area contributed by atoms with Crippen molar-refractivity contribution in [1.29, 1.82) is 0 Å².